The van der Waals surface area contributed by atoms with Crippen LogP contribution in [0.25, 0.3) is 10.9 Å². The summed E-state index contributed by atoms with van der Waals surface area (Å²) in [7, 11) is 0. The van der Waals surface area contributed by atoms with E-state index in [1.54, 1.807) is 16.8 Å². The molecule has 2 aromatic rings. The monoisotopic (exact) mass is 417 g/mol. The van der Waals surface area contributed by atoms with Crippen LogP contribution in [-0.4, -0.2) is 4.57 Å². The number of rotatable bonds is 1. The number of aryl methyl sites for hydroxylation is 1. The molecule has 0 bridgehead atoms. The van der Waals surface area contributed by atoms with Crippen molar-refractivity contribution in [3.63, 3.8) is 0 Å². The lowest BCUT2D eigenvalue weighted by Gasteiger charge is -2.11. The SMILES string of the molecule is CCn1cc(I)c2cc(Br)cc(C(F)(F)F)c21. The molecule has 92 valence electrons. The summed E-state index contributed by atoms with van der Waals surface area (Å²) in [4.78, 5) is 0. The molecule has 0 aliphatic carbocycles. The third-order valence-electron chi connectivity index (χ3n) is 2.53. The van der Waals surface area contributed by atoms with Crippen molar-refractivity contribution in [2.24, 2.45) is 0 Å². The minimum Gasteiger partial charge on any atom is -0.346 e. The van der Waals surface area contributed by atoms with Gasteiger partial charge < -0.3 is 4.57 Å². The topological polar surface area (TPSA) is 4.93 Å². The van der Waals surface area contributed by atoms with Crippen molar-refractivity contribution in [3.05, 3.63) is 31.9 Å². The summed E-state index contributed by atoms with van der Waals surface area (Å²) >= 11 is 5.18. The lowest BCUT2D eigenvalue weighted by Crippen LogP contribution is -2.08. The van der Waals surface area contributed by atoms with Crippen molar-refractivity contribution in [1.29, 1.82) is 0 Å². The van der Waals surface area contributed by atoms with Gasteiger partial charge in [-0.15, -0.1) is 0 Å². The van der Waals surface area contributed by atoms with Gasteiger partial charge in [-0.3, -0.25) is 0 Å². The summed E-state index contributed by atoms with van der Waals surface area (Å²) in [5.41, 5.74) is -0.334. The summed E-state index contributed by atoms with van der Waals surface area (Å²) < 4.78 is 41.9. The van der Waals surface area contributed by atoms with Gasteiger partial charge >= 0.3 is 6.18 Å². The van der Waals surface area contributed by atoms with Crippen LogP contribution in [-0.2, 0) is 12.7 Å². The molecular weight excluding hydrogens is 410 g/mol. The second kappa shape index (κ2) is 4.46. The molecule has 0 unspecified atom stereocenters. The first kappa shape index (κ1) is 13.2. The molecule has 17 heavy (non-hydrogen) atoms. The lowest BCUT2D eigenvalue weighted by molar-refractivity contribution is -0.136. The quantitative estimate of drug-likeness (QED) is 0.572. The van der Waals surface area contributed by atoms with E-state index < -0.39 is 11.7 Å². The van der Waals surface area contributed by atoms with E-state index >= 15 is 0 Å². The number of hydrogen-bond acceptors (Lipinski definition) is 0. The number of fused-ring (bicyclic) bond motifs is 1. The fourth-order valence-corrected chi connectivity index (χ4v) is 3.03. The van der Waals surface area contributed by atoms with Crippen LogP contribution < -0.4 is 0 Å². The van der Waals surface area contributed by atoms with Gasteiger partial charge in [0.1, 0.15) is 0 Å². The maximum absolute atomic E-state index is 13.0. The highest BCUT2D eigenvalue weighted by atomic mass is 127. The Morgan fingerprint density at radius 3 is 2.53 bits per heavy atom. The van der Waals surface area contributed by atoms with Crippen LogP contribution in [0.4, 0.5) is 13.2 Å². The average Bonchev–Trinajstić information content (AvgIpc) is 2.53. The number of hydrogen-bond donors (Lipinski definition) is 0. The van der Waals surface area contributed by atoms with E-state index in [1.165, 1.54) is 0 Å². The Kier molecular flexibility index (Phi) is 3.46. The van der Waals surface area contributed by atoms with Crippen molar-refractivity contribution < 1.29 is 13.2 Å². The molecule has 0 fully saturated rings. The largest absolute Gasteiger partial charge is 0.418 e. The zero-order valence-corrected chi connectivity index (χ0v) is 12.5. The third kappa shape index (κ3) is 2.33. The van der Waals surface area contributed by atoms with E-state index in [4.69, 9.17) is 0 Å². The van der Waals surface area contributed by atoms with Crippen LogP contribution in [0.1, 0.15) is 12.5 Å². The minimum absolute atomic E-state index is 0.257. The van der Waals surface area contributed by atoms with Crippen LogP contribution in [0.5, 0.6) is 0 Å². The Hall–Kier alpha value is -0.240. The first-order valence-corrected chi connectivity index (χ1v) is 6.77. The van der Waals surface area contributed by atoms with Crippen molar-refractivity contribution in [2.45, 2.75) is 19.6 Å². The van der Waals surface area contributed by atoms with Crippen molar-refractivity contribution in [3.8, 4) is 0 Å². The summed E-state index contributed by atoms with van der Waals surface area (Å²) in [6, 6.07) is 2.85. The molecule has 6 heteroatoms. The molecule has 1 aromatic carbocycles. The zero-order chi connectivity index (χ0) is 12.8. The molecular formula is C11H8BrF3IN. The molecule has 0 aliphatic heterocycles. The zero-order valence-electron chi connectivity index (χ0n) is 8.78. The number of benzene rings is 1. The summed E-state index contributed by atoms with van der Waals surface area (Å²) in [5.74, 6) is 0. The van der Waals surface area contributed by atoms with E-state index in [9.17, 15) is 13.2 Å². The van der Waals surface area contributed by atoms with Crippen molar-refractivity contribution in [1.82, 2.24) is 4.57 Å². The van der Waals surface area contributed by atoms with Crippen LogP contribution in [0.3, 0.4) is 0 Å². The van der Waals surface area contributed by atoms with Gasteiger partial charge in [0.2, 0.25) is 0 Å². The lowest BCUT2D eigenvalue weighted by atomic mass is 10.1. The molecule has 0 aliphatic rings. The Labute approximate surface area is 118 Å². The Morgan fingerprint density at radius 1 is 1.35 bits per heavy atom. The summed E-state index contributed by atoms with van der Waals surface area (Å²) in [6.45, 7) is 2.35. The molecule has 0 N–H and O–H groups in total. The van der Waals surface area contributed by atoms with Gasteiger partial charge in [0.05, 0.1) is 11.1 Å². The van der Waals surface area contributed by atoms with E-state index in [-0.39, 0.29) is 5.52 Å². The van der Waals surface area contributed by atoms with Gasteiger partial charge in [-0.2, -0.15) is 13.2 Å². The molecule has 1 nitrogen and oxygen atoms in total. The number of halogens is 5. The fraction of sp³-hybridized carbons (Fsp3) is 0.273. The Morgan fingerprint density at radius 2 is 2.00 bits per heavy atom. The van der Waals surface area contributed by atoms with Crippen molar-refractivity contribution >= 4 is 49.4 Å². The molecule has 0 saturated heterocycles. The second-order valence-corrected chi connectivity index (χ2v) is 5.69. The normalized spacial score (nSPS) is 12.4. The highest BCUT2D eigenvalue weighted by molar-refractivity contribution is 14.1. The molecule has 2 rings (SSSR count). The van der Waals surface area contributed by atoms with Gasteiger partial charge in [-0.05, 0) is 41.6 Å². The Bertz CT molecular complexity index is 574. The summed E-state index contributed by atoms with van der Waals surface area (Å²) in [6.07, 6.45) is -2.59. The molecule has 0 radical (unpaired) electrons. The van der Waals surface area contributed by atoms with Crippen LogP contribution in [0.2, 0.25) is 0 Å². The van der Waals surface area contributed by atoms with Gasteiger partial charge in [-0.25, -0.2) is 0 Å². The smallest absolute Gasteiger partial charge is 0.346 e. The first-order chi connectivity index (χ1) is 7.84. The van der Waals surface area contributed by atoms with E-state index in [1.807, 2.05) is 6.92 Å². The van der Waals surface area contributed by atoms with Crippen LogP contribution in [0, 0.1) is 3.57 Å². The van der Waals surface area contributed by atoms with Crippen LogP contribution in [0.15, 0.2) is 22.8 Å². The number of aromatic nitrogens is 1. The Balaban J connectivity index is 2.91. The highest BCUT2D eigenvalue weighted by Crippen LogP contribution is 2.39. The number of alkyl halides is 3. The summed E-state index contributed by atoms with van der Waals surface area (Å²) in [5, 5.41) is 0.633. The molecule has 1 aromatic heterocycles. The molecule has 0 amide bonds. The maximum atomic E-state index is 13.0. The van der Waals surface area contributed by atoms with Gasteiger partial charge in [0.15, 0.2) is 0 Å². The third-order valence-corrected chi connectivity index (χ3v) is 3.85. The van der Waals surface area contributed by atoms with E-state index in [0.717, 1.165) is 9.64 Å². The highest BCUT2D eigenvalue weighted by Gasteiger charge is 2.34. The van der Waals surface area contributed by atoms with Gasteiger partial charge in [-0.1, -0.05) is 15.9 Å². The standard InChI is InChI=1S/C11H8BrF3IN/c1-2-17-5-9(16)7-3-6(12)4-8(10(7)17)11(13,14)15/h3-5H,2H2,1H3. The molecule has 0 saturated carbocycles. The minimum atomic E-state index is -4.34. The molecule has 0 atom stereocenters. The number of nitrogens with zero attached hydrogens (tertiary/aromatic N) is 1. The predicted molar refractivity (Wildman–Crippen MR) is 73.0 cm³/mol. The second-order valence-electron chi connectivity index (χ2n) is 3.61. The predicted octanol–water partition coefficient (Wildman–Crippen LogP) is 5.05. The average molecular weight is 418 g/mol. The van der Waals surface area contributed by atoms with Gasteiger partial charge in [0, 0.05) is 26.2 Å². The van der Waals surface area contributed by atoms with Crippen LogP contribution >= 0.6 is 38.5 Å². The first-order valence-electron chi connectivity index (χ1n) is 4.89. The van der Waals surface area contributed by atoms with E-state index in [0.29, 0.717) is 16.4 Å². The van der Waals surface area contributed by atoms with E-state index in [2.05, 4.69) is 38.5 Å². The molecule has 0 spiro atoms. The maximum Gasteiger partial charge on any atom is 0.418 e. The molecule has 1 heterocycles. The van der Waals surface area contributed by atoms with Crippen molar-refractivity contribution in [2.75, 3.05) is 0 Å². The van der Waals surface area contributed by atoms with Gasteiger partial charge in [0.25, 0.3) is 0 Å². The fourth-order valence-electron chi connectivity index (χ4n) is 1.83.